The van der Waals surface area contributed by atoms with Gasteiger partial charge in [-0.1, -0.05) is 79.8 Å². The van der Waals surface area contributed by atoms with Crippen molar-refractivity contribution in [2.24, 2.45) is 0 Å². The van der Waals surface area contributed by atoms with E-state index in [1.54, 1.807) is 0 Å². The standard InChI is InChI=1S/C24H37NO2/c1-2-3-4-5-6-7-8-9-10-11-12-13-14-15-16-17-18-19-20-21-24(27)25-22-23-26/h3-4,6-7,9-10,12-13,15-16,18-19,26H,2,5,8,11,14,17,20-23H2,1H3,(H,25,27)/b4-3-,7-6-,10-9+,13-12-,16-15-,19-18-. The number of carbonyl (C=O) groups is 1. The normalized spacial score (nSPS) is 12.8. The van der Waals surface area contributed by atoms with Crippen molar-refractivity contribution in [3.63, 3.8) is 0 Å². The summed E-state index contributed by atoms with van der Waals surface area (Å²) in [5.41, 5.74) is 0. The van der Waals surface area contributed by atoms with E-state index in [1.807, 2.05) is 6.08 Å². The first kappa shape index (κ1) is 24.9. The van der Waals surface area contributed by atoms with Crippen molar-refractivity contribution in [3.8, 4) is 0 Å². The summed E-state index contributed by atoms with van der Waals surface area (Å²) in [6.45, 7) is 2.48. The van der Waals surface area contributed by atoms with Crippen LogP contribution in [-0.2, 0) is 4.79 Å². The van der Waals surface area contributed by atoms with E-state index in [0.717, 1.165) is 44.9 Å². The molecule has 0 aromatic heterocycles. The minimum Gasteiger partial charge on any atom is -0.395 e. The number of hydrogen-bond donors (Lipinski definition) is 2. The Morgan fingerprint density at radius 1 is 0.704 bits per heavy atom. The summed E-state index contributed by atoms with van der Waals surface area (Å²) in [4.78, 5) is 11.3. The Labute approximate surface area is 166 Å². The molecule has 0 unspecified atom stereocenters. The van der Waals surface area contributed by atoms with Crippen molar-refractivity contribution in [2.45, 2.75) is 58.3 Å². The molecule has 0 aromatic carbocycles. The highest BCUT2D eigenvalue weighted by molar-refractivity contribution is 5.75. The highest BCUT2D eigenvalue weighted by Gasteiger charge is 1.96. The molecule has 3 nitrogen and oxygen atoms in total. The molecule has 2 N–H and O–H groups in total. The number of allylic oxidation sites excluding steroid dienone is 12. The molecular formula is C24H37NO2. The van der Waals surface area contributed by atoms with E-state index in [4.69, 9.17) is 5.11 Å². The molecule has 150 valence electrons. The van der Waals surface area contributed by atoms with Crippen LogP contribution in [0.4, 0.5) is 0 Å². The Morgan fingerprint density at radius 2 is 1.11 bits per heavy atom. The third kappa shape index (κ3) is 21.8. The van der Waals surface area contributed by atoms with Crippen LogP contribution in [0.15, 0.2) is 72.9 Å². The van der Waals surface area contributed by atoms with Gasteiger partial charge in [0.25, 0.3) is 0 Å². The Kier molecular flexibility index (Phi) is 20.2. The molecule has 0 atom stereocenters. The Morgan fingerprint density at radius 3 is 1.52 bits per heavy atom. The monoisotopic (exact) mass is 371 g/mol. The summed E-state index contributed by atoms with van der Waals surface area (Å²) >= 11 is 0. The van der Waals surface area contributed by atoms with Gasteiger partial charge >= 0.3 is 0 Å². The number of aliphatic hydroxyl groups is 1. The Hall–Kier alpha value is -2.13. The zero-order valence-corrected chi connectivity index (χ0v) is 16.9. The lowest BCUT2D eigenvalue weighted by Gasteiger charge is -1.99. The van der Waals surface area contributed by atoms with E-state index in [2.05, 4.69) is 79.1 Å². The average Bonchev–Trinajstić information content (AvgIpc) is 2.68. The maximum atomic E-state index is 11.3. The average molecular weight is 372 g/mol. The molecule has 0 radical (unpaired) electrons. The first-order chi connectivity index (χ1) is 13.3. The highest BCUT2D eigenvalue weighted by Crippen LogP contribution is 1.97. The van der Waals surface area contributed by atoms with Crippen molar-refractivity contribution in [2.75, 3.05) is 13.2 Å². The molecule has 0 saturated carbocycles. The molecule has 27 heavy (non-hydrogen) atoms. The van der Waals surface area contributed by atoms with Gasteiger partial charge in [-0.25, -0.2) is 0 Å². The third-order valence-electron chi connectivity index (χ3n) is 3.57. The second-order valence-electron chi connectivity index (χ2n) is 6.03. The molecular weight excluding hydrogens is 334 g/mol. The van der Waals surface area contributed by atoms with Crippen LogP contribution in [0, 0.1) is 0 Å². The molecule has 0 aliphatic carbocycles. The summed E-state index contributed by atoms with van der Waals surface area (Å²) in [5, 5.41) is 11.2. The van der Waals surface area contributed by atoms with Gasteiger partial charge in [0, 0.05) is 13.0 Å². The molecule has 0 heterocycles. The predicted molar refractivity (Wildman–Crippen MR) is 118 cm³/mol. The largest absolute Gasteiger partial charge is 0.395 e. The van der Waals surface area contributed by atoms with Gasteiger partial charge in [-0.2, -0.15) is 0 Å². The van der Waals surface area contributed by atoms with Crippen molar-refractivity contribution in [1.29, 1.82) is 0 Å². The topological polar surface area (TPSA) is 49.3 Å². The lowest BCUT2D eigenvalue weighted by atomic mass is 10.2. The lowest BCUT2D eigenvalue weighted by Crippen LogP contribution is -2.25. The van der Waals surface area contributed by atoms with Crippen LogP contribution in [0.1, 0.15) is 58.3 Å². The molecule has 0 spiro atoms. The van der Waals surface area contributed by atoms with E-state index >= 15 is 0 Å². The molecule has 1 amide bonds. The highest BCUT2D eigenvalue weighted by atomic mass is 16.3. The molecule has 0 bridgehead atoms. The fourth-order valence-corrected chi connectivity index (χ4v) is 2.14. The van der Waals surface area contributed by atoms with Crippen LogP contribution >= 0.6 is 0 Å². The molecule has 0 fully saturated rings. The van der Waals surface area contributed by atoms with Gasteiger partial charge < -0.3 is 10.4 Å². The fourth-order valence-electron chi connectivity index (χ4n) is 2.14. The van der Waals surface area contributed by atoms with Gasteiger partial charge in [0.2, 0.25) is 5.91 Å². The maximum Gasteiger partial charge on any atom is 0.220 e. The van der Waals surface area contributed by atoms with Crippen LogP contribution in [0.25, 0.3) is 0 Å². The fraction of sp³-hybridized carbons (Fsp3) is 0.458. The minimum atomic E-state index is -0.0106. The molecule has 0 aromatic rings. The van der Waals surface area contributed by atoms with Gasteiger partial charge in [-0.15, -0.1) is 0 Å². The number of aliphatic hydroxyl groups excluding tert-OH is 1. The van der Waals surface area contributed by atoms with Crippen molar-refractivity contribution < 1.29 is 9.90 Å². The van der Waals surface area contributed by atoms with E-state index in [-0.39, 0.29) is 12.5 Å². The Balaban J connectivity index is 3.54. The van der Waals surface area contributed by atoms with Crippen molar-refractivity contribution in [1.82, 2.24) is 5.32 Å². The first-order valence-electron chi connectivity index (χ1n) is 10.1. The predicted octanol–water partition coefficient (Wildman–Crippen LogP) is 5.57. The number of rotatable bonds is 16. The number of amides is 1. The molecule has 0 saturated heterocycles. The molecule has 0 rings (SSSR count). The number of hydrogen-bond acceptors (Lipinski definition) is 2. The van der Waals surface area contributed by atoms with Crippen LogP contribution in [0.5, 0.6) is 0 Å². The van der Waals surface area contributed by atoms with Crippen LogP contribution < -0.4 is 5.32 Å². The van der Waals surface area contributed by atoms with Crippen molar-refractivity contribution in [3.05, 3.63) is 72.9 Å². The van der Waals surface area contributed by atoms with Gasteiger partial charge in [0.05, 0.1) is 6.61 Å². The van der Waals surface area contributed by atoms with Crippen LogP contribution in [0.2, 0.25) is 0 Å². The van der Waals surface area contributed by atoms with Gasteiger partial charge in [0.15, 0.2) is 0 Å². The maximum absolute atomic E-state index is 11.3. The van der Waals surface area contributed by atoms with Gasteiger partial charge in [0.1, 0.15) is 0 Å². The Bertz CT molecular complexity index is 510. The van der Waals surface area contributed by atoms with Crippen molar-refractivity contribution >= 4 is 5.91 Å². The smallest absolute Gasteiger partial charge is 0.220 e. The van der Waals surface area contributed by atoms with Gasteiger partial charge in [-0.05, 0) is 44.9 Å². The summed E-state index contributed by atoms with van der Waals surface area (Å²) < 4.78 is 0. The third-order valence-corrected chi connectivity index (χ3v) is 3.57. The second-order valence-corrected chi connectivity index (χ2v) is 6.03. The van der Waals surface area contributed by atoms with Crippen LogP contribution in [0.3, 0.4) is 0 Å². The lowest BCUT2D eigenvalue weighted by molar-refractivity contribution is -0.121. The zero-order chi connectivity index (χ0) is 19.8. The summed E-state index contributed by atoms with van der Waals surface area (Å²) in [6, 6.07) is 0. The molecule has 3 heteroatoms. The number of carbonyl (C=O) groups excluding carboxylic acids is 1. The zero-order valence-electron chi connectivity index (χ0n) is 16.9. The summed E-state index contributed by atoms with van der Waals surface area (Å²) in [6.07, 6.45) is 33.2. The molecule has 0 aliphatic rings. The van der Waals surface area contributed by atoms with E-state index in [9.17, 15) is 4.79 Å². The minimum absolute atomic E-state index is 0.00828. The van der Waals surface area contributed by atoms with E-state index < -0.39 is 0 Å². The molecule has 0 aliphatic heterocycles. The SMILES string of the molecule is CC/C=C\C/C=C\C/C=C/C/C=C\C/C=C\C/C=C\CCC(=O)NCCO. The van der Waals surface area contributed by atoms with Gasteiger partial charge in [-0.3, -0.25) is 4.79 Å². The first-order valence-corrected chi connectivity index (χ1v) is 10.1. The van der Waals surface area contributed by atoms with E-state index in [0.29, 0.717) is 13.0 Å². The summed E-state index contributed by atoms with van der Waals surface area (Å²) in [5.74, 6) is -0.0106. The second kappa shape index (κ2) is 21.9. The number of nitrogens with one attached hydrogen (secondary N) is 1. The summed E-state index contributed by atoms with van der Waals surface area (Å²) in [7, 11) is 0. The van der Waals surface area contributed by atoms with Crippen LogP contribution in [-0.4, -0.2) is 24.2 Å². The quantitative estimate of drug-likeness (QED) is 0.348. The van der Waals surface area contributed by atoms with E-state index in [1.165, 1.54) is 0 Å².